The van der Waals surface area contributed by atoms with Crippen molar-refractivity contribution in [2.45, 2.75) is 58.0 Å². The Morgan fingerprint density at radius 3 is 2.24 bits per heavy atom. The largest absolute Gasteiger partial charge is 0.410 e. The topological polar surface area (TPSA) is 41.6 Å². The van der Waals surface area contributed by atoms with Gasteiger partial charge in [-0.2, -0.15) is 0 Å². The molecule has 2 rings (SSSR count). The number of likely N-dealkylation sites (tertiary alicyclic amines) is 1. The van der Waals surface area contributed by atoms with Crippen LogP contribution in [0.15, 0.2) is 27.1 Å². The van der Waals surface area contributed by atoms with Gasteiger partial charge < -0.3 is 14.6 Å². The minimum absolute atomic E-state index is 0.00236. The summed E-state index contributed by atoms with van der Waals surface area (Å²) in [6.07, 6.45) is 0.00236. The van der Waals surface area contributed by atoms with E-state index in [1.54, 1.807) is 6.92 Å². The van der Waals surface area contributed by atoms with Gasteiger partial charge in [0.15, 0.2) is 8.32 Å². The zero-order valence-electron chi connectivity index (χ0n) is 15.8. The summed E-state index contributed by atoms with van der Waals surface area (Å²) < 4.78 is 8.66. The lowest BCUT2D eigenvalue weighted by molar-refractivity contribution is -0.128. The van der Waals surface area contributed by atoms with Gasteiger partial charge in [-0.1, -0.05) is 52.6 Å². The number of anilines is 1. The SMILES string of the molecule is CC(=O)N1CC(Nc2cc(Br)cc(Br)c2)C(O[Si](C)(C)C(C)(C)C)C1. The Morgan fingerprint density at radius 2 is 1.76 bits per heavy atom. The molecule has 1 fully saturated rings. The number of benzene rings is 1. The van der Waals surface area contributed by atoms with E-state index in [1.807, 2.05) is 23.1 Å². The Labute approximate surface area is 169 Å². The summed E-state index contributed by atoms with van der Waals surface area (Å²) in [6.45, 7) is 14.2. The van der Waals surface area contributed by atoms with E-state index in [0.717, 1.165) is 14.6 Å². The van der Waals surface area contributed by atoms with Crippen molar-refractivity contribution < 1.29 is 9.22 Å². The first-order valence-corrected chi connectivity index (χ1v) is 13.0. The molecule has 0 radical (unpaired) electrons. The van der Waals surface area contributed by atoms with Crippen LogP contribution in [-0.2, 0) is 9.22 Å². The molecule has 1 amide bonds. The molecular formula is C18H28Br2N2O2Si. The number of rotatable bonds is 4. The predicted molar refractivity (Wildman–Crippen MR) is 114 cm³/mol. The van der Waals surface area contributed by atoms with Crippen molar-refractivity contribution in [3.05, 3.63) is 27.1 Å². The zero-order chi connectivity index (χ0) is 19.0. The van der Waals surface area contributed by atoms with Gasteiger partial charge >= 0.3 is 0 Å². The molecule has 1 N–H and O–H groups in total. The highest BCUT2D eigenvalue weighted by atomic mass is 79.9. The number of nitrogens with one attached hydrogen (secondary N) is 1. The van der Waals surface area contributed by atoms with E-state index in [2.05, 4.69) is 71.0 Å². The van der Waals surface area contributed by atoms with Crippen molar-refractivity contribution in [3.63, 3.8) is 0 Å². The molecule has 2 atom stereocenters. The number of nitrogens with zero attached hydrogens (tertiary/aromatic N) is 1. The van der Waals surface area contributed by atoms with Crippen LogP contribution in [0, 0.1) is 0 Å². The minimum atomic E-state index is -1.91. The first kappa shape index (κ1) is 20.9. The van der Waals surface area contributed by atoms with E-state index in [1.165, 1.54) is 0 Å². The first-order valence-electron chi connectivity index (χ1n) is 8.55. The first-order chi connectivity index (χ1) is 11.4. The molecule has 4 nitrogen and oxygen atoms in total. The molecule has 1 aromatic rings. The fourth-order valence-corrected chi connectivity index (χ4v) is 5.34. The van der Waals surface area contributed by atoms with Crippen molar-refractivity contribution in [2.24, 2.45) is 0 Å². The van der Waals surface area contributed by atoms with Crippen LogP contribution >= 0.6 is 31.9 Å². The maximum Gasteiger partial charge on any atom is 0.219 e. The summed E-state index contributed by atoms with van der Waals surface area (Å²) in [5.74, 6) is 0.101. The summed E-state index contributed by atoms with van der Waals surface area (Å²) in [5, 5.41) is 3.71. The van der Waals surface area contributed by atoms with E-state index in [4.69, 9.17) is 4.43 Å². The van der Waals surface area contributed by atoms with Crippen LogP contribution in [0.3, 0.4) is 0 Å². The summed E-state index contributed by atoms with van der Waals surface area (Å²) >= 11 is 7.06. The molecule has 0 aliphatic carbocycles. The number of halogens is 2. The minimum Gasteiger partial charge on any atom is -0.410 e. The predicted octanol–water partition coefficient (Wildman–Crippen LogP) is 5.24. The summed E-state index contributed by atoms with van der Waals surface area (Å²) in [6, 6.07) is 6.18. The van der Waals surface area contributed by atoms with Crippen molar-refractivity contribution in [2.75, 3.05) is 18.4 Å². The standard InChI is InChI=1S/C18H28Br2N2O2Si/c1-12(23)22-10-16(21-15-8-13(19)7-14(20)9-15)17(11-22)24-25(5,6)18(2,3)4/h7-9,16-17,21H,10-11H2,1-6H3. The Kier molecular flexibility index (Phi) is 6.45. The van der Waals surface area contributed by atoms with Crippen LogP contribution in [0.25, 0.3) is 0 Å². The van der Waals surface area contributed by atoms with E-state index < -0.39 is 8.32 Å². The van der Waals surface area contributed by atoms with Crippen LogP contribution in [0.4, 0.5) is 5.69 Å². The lowest BCUT2D eigenvalue weighted by atomic mass is 10.2. The average molecular weight is 492 g/mol. The molecule has 1 aromatic carbocycles. The summed E-state index contributed by atoms with van der Waals surface area (Å²) in [5.41, 5.74) is 1.01. The molecule has 1 aliphatic heterocycles. The Bertz CT molecular complexity index is 626. The van der Waals surface area contributed by atoms with Crippen LogP contribution in [-0.4, -0.2) is 44.4 Å². The Hall–Kier alpha value is -0.373. The molecule has 1 saturated heterocycles. The van der Waals surface area contributed by atoms with E-state index in [9.17, 15) is 4.79 Å². The van der Waals surface area contributed by atoms with Crippen molar-refractivity contribution >= 4 is 51.8 Å². The highest BCUT2D eigenvalue weighted by Crippen LogP contribution is 2.38. The second-order valence-electron chi connectivity index (χ2n) is 8.25. The summed E-state index contributed by atoms with van der Waals surface area (Å²) in [7, 11) is -1.91. The molecule has 2 unspecified atom stereocenters. The number of carbonyl (C=O) groups is 1. The van der Waals surface area contributed by atoms with E-state index >= 15 is 0 Å². The molecule has 0 spiro atoms. The molecular weight excluding hydrogens is 464 g/mol. The monoisotopic (exact) mass is 490 g/mol. The summed E-state index contributed by atoms with van der Waals surface area (Å²) in [4.78, 5) is 13.8. The van der Waals surface area contributed by atoms with Crippen molar-refractivity contribution in [1.82, 2.24) is 4.90 Å². The molecule has 7 heteroatoms. The second-order valence-corrected chi connectivity index (χ2v) is 14.8. The van der Waals surface area contributed by atoms with Gasteiger partial charge in [0.2, 0.25) is 5.91 Å². The molecule has 0 bridgehead atoms. The number of amides is 1. The molecule has 25 heavy (non-hydrogen) atoms. The third-order valence-corrected chi connectivity index (χ3v) is 10.6. The van der Waals surface area contributed by atoms with Gasteiger partial charge in [-0.15, -0.1) is 0 Å². The molecule has 1 aliphatic rings. The zero-order valence-corrected chi connectivity index (χ0v) is 20.0. The third kappa shape index (κ3) is 5.31. The van der Waals surface area contributed by atoms with Crippen LogP contribution < -0.4 is 5.32 Å². The van der Waals surface area contributed by atoms with Gasteiger partial charge in [-0.3, -0.25) is 4.79 Å². The molecule has 0 saturated carbocycles. The molecule has 140 valence electrons. The lowest BCUT2D eigenvalue weighted by Crippen LogP contribution is -2.48. The fourth-order valence-electron chi connectivity index (χ4n) is 2.70. The highest BCUT2D eigenvalue weighted by molar-refractivity contribution is 9.11. The fraction of sp³-hybridized carbons (Fsp3) is 0.611. The van der Waals surface area contributed by atoms with Crippen LogP contribution in [0.1, 0.15) is 27.7 Å². The smallest absolute Gasteiger partial charge is 0.219 e. The number of hydrogen-bond acceptors (Lipinski definition) is 3. The lowest BCUT2D eigenvalue weighted by Gasteiger charge is -2.39. The maximum atomic E-state index is 11.9. The number of carbonyl (C=O) groups excluding carboxylic acids is 1. The normalized spacial score (nSPS) is 21.5. The third-order valence-electron chi connectivity index (χ3n) is 5.18. The van der Waals surface area contributed by atoms with Crippen LogP contribution in [0.5, 0.6) is 0 Å². The maximum absolute atomic E-state index is 11.9. The van der Waals surface area contributed by atoms with Gasteiger partial charge in [0, 0.05) is 34.6 Å². The Morgan fingerprint density at radius 1 is 1.20 bits per heavy atom. The van der Waals surface area contributed by atoms with Gasteiger partial charge in [0.1, 0.15) is 0 Å². The van der Waals surface area contributed by atoms with Gasteiger partial charge in [0.25, 0.3) is 0 Å². The molecule has 0 aromatic heterocycles. The highest BCUT2D eigenvalue weighted by Gasteiger charge is 2.44. The quantitative estimate of drug-likeness (QED) is 0.585. The average Bonchev–Trinajstić information content (AvgIpc) is 2.78. The van der Waals surface area contributed by atoms with Gasteiger partial charge in [-0.25, -0.2) is 0 Å². The van der Waals surface area contributed by atoms with Crippen LogP contribution in [0.2, 0.25) is 18.1 Å². The van der Waals surface area contributed by atoms with Gasteiger partial charge in [0.05, 0.1) is 12.1 Å². The van der Waals surface area contributed by atoms with E-state index in [0.29, 0.717) is 13.1 Å². The number of hydrogen-bond donors (Lipinski definition) is 1. The van der Waals surface area contributed by atoms with Crippen molar-refractivity contribution in [3.8, 4) is 0 Å². The second kappa shape index (κ2) is 7.70. The van der Waals surface area contributed by atoms with E-state index in [-0.39, 0.29) is 23.1 Å². The Balaban J connectivity index is 2.21. The van der Waals surface area contributed by atoms with Crippen molar-refractivity contribution in [1.29, 1.82) is 0 Å². The van der Waals surface area contributed by atoms with Gasteiger partial charge in [-0.05, 0) is 36.3 Å². The molecule has 1 heterocycles.